The molecule has 14 heavy (non-hydrogen) atoms. The molecule has 0 spiro atoms. The smallest absolute Gasteiger partial charge is 0.309 e. The minimum atomic E-state index is -0.609. The van der Waals surface area contributed by atoms with E-state index in [1.54, 1.807) is 0 Å². The van der Waals surface area contributed by atoms with Gasteiger partial charge in [-0.05, 0) is 37.5 Å². The zero-order valence-corrected chi connectivity index (χ0v) is 9.71. The molecule has 1 aliphatic carbocycles. The summed E-state index contributed by atoms with van der Waals surface area (Å²) in [6.07, 6.45) is 3.10. The average Bonchev–Trinajstić information content (AvgIpc) is 2.02. The molecule has 0 bridgehead atoms. The molecule has 0 unspecified atom stereocenters. The molecule has 0 aromatic carbocycles. The van der Waals surface area contributed by atoms with Gasteiger partial charge in [0.05, 0.1) is 5.41 Å². The Morgan fingerprint density at radius 2 is 2.00 bits per heavy atom. The molecule has 1 aliphatic rings. The molecule has 0 aromatic heterocycles. The molecule has 3 atom stereocenters. The highest BCUT2D eigenvalue weighted by Crippen LogP contribution is 2.46. The van der Waals surface area contributed by atoms with Gasteiger partial charge in [-0.25, -0.2) is 0 Å². The molecule has 1 N–H and O–H groups in total. The zero-order valence-electron chi connectivity index (χ0n) is 9.71. The highest BCUT2D eigenvalue weighted by Gasteiger charge is 2.46. The van der Waals surface area contributed by atoms with Crippen LogP contribution in [0.5, 0.6) is 0 Å². The Morgan fingerprint density at radius 3 is 2.43 bits per heavy atom. The monoisotopic (exact) mass is 198 g/mol. The highest BCUT2D eigenvalue weighted by molar-refractivity contribution is 5.74. The van der Waals surface area contributed by atoms with Crippen LogP contribution in [0.3, 0.4) is 0 Å². The van der Waals surface area contributed by atoms with Gasteiger partial charge in [0, 0.05) is 0 Å². The third-order valence-electron chi connectivity index (χ3n) is 3.85. The van der Waals surface area contributed by atoms with E-state index in [2.05, 4.69) is 20.8 Å². The molecule has 0 saturated heterocycles. The molecule has 0 amide bonds. The van der Waals surface area contributed by atoms with Gasteiger partial charge < -0.3 is 5.11 Å². The van der Waals surface area contributed by atoms with E-state index in [1.165, 1.54) is 6.42 Å². The van der Waals surface area contributed by atoms with Crippen molar-refractivity contribution in [3.05, 3.63) is 0 Å². The summed E-state index contributed by atoms with van der Waals surface area (Å²) in [6, 6.07) is 0. The van der Waals surface area contributed by atoms with Crippen LogP contribution in [-0.2, 0) is 4.79 Å². The molecule has 1 saturated carbocycles. The number of carboxylic acids is 1. The quantitative estimate of drug-likeness (QED) is 0.740. The van der Waals surface area contributed by atoms with Gasteiger partial charge in [-0.2, -0.15) is 0 Å². The molecule has 1 fully saturated rings. The maximum atomic E-state index is 11.3. The van der Waals surface area contributed by atoms with Crippen LogP contribution < -0.4 is 0 Å². The third kappa shape index (κ3) is 1.94. The lowest BCUT2D eigenvalue weighted by Crippen LogP contribution is -2.43. The first-order valence-corrected chi connectivity index (χ1v) is 5.61. The Kier molecular flexibility index (Phi) is 3.23. The summed E-state index contributed by atoms with van der Waals surface area (Å²) in [7, 11) is 0. The Bertz CT molecular complexity index is 222. The van der Waals surface area contributed by atoms with Crippen LogP contribution in [0, 0.1) is 23.2 Å². The molecule has 0 aromatic rings. The molecular formula is C12H22O2. The number of rotatable bonds is 2. The van der Waals surface area contributed by atoms with Crippen molar-refractivity contribution in [1.82, 2.24) is 0 Å². The predicted octanol–water partition coefficient (Wildman–Crippen LogP) is 3.17. The first-order chi connectivity index (χ1) is 6.38. The molecule has 0 aliphatic heterocycles. The molecule has 2 nitrogen and oxygen atoms in total. The van der Waals surface area contributed by atoms with E-state index in [4.69, 9.17) is 0 Å². The highest BCUT2D eigenvalue weighted by atomic mass is 16.4. The van der Waals surface area contributed by atoms with Gasteiger partial charge in [-0.3, -0.25) is 4.79 Å². The number of aliphatic carboxylic acids is 1. The van der Waals surface area contributed by atoms with E-state index in [0.29, 0.717) is 17.8 Å². The van der Waals surface area contributed by atoms with E-state index in [0.717, 1.165) is 12.8 Å². The maximum absolute atomic E-state index is 11.3. The van der Waals surface area contributed by atoms with Crippen LogP contribution in [0.1, 0.15) is 47.0 Å². The SMILES string of the molecule is CC(C)[C@@H]1CC[C@@H](C)C[C@@]1(C)C(=O)O. The van der Waals surface area contributed by atoms with Crippen LogP contribution >= 0.6 is 0 Å². The lowest BCUT2D eigenvalue weighted by molar-refractivity contribution is -0.156. The second-order valence-electron chi connectivity index (χ2n) is 5.46. The summed E-state index contributed by atoms with van der Waals surface area (Å²) in [5.74, 6) is 0.772. The molecule has 1 rings (SSSR count). The van der Waals surface area contributed by atoms with Crippen molar-refractivity contribution in [2.75, 3.05) is 0 Å². The number of hydrogen-bond acceptors (Lipinski definition) is 1. The Morgan fingerprint density at radius 1 is 1.43 bits per heavy atom. The van der Waals surface area contributed by atoms with Gasteiger partial charge >= 0.3 is 5.97 Å². The van der Waals surface area contributed by atoms with Crippen LogP contribution in [0.4, 0.5) is 0 Å². The molecular weight excluding hydrogens is 176 g/mol. The lowest BCUT2D eigenvalue weighted by Gasteiger charge is -2.43. The Labute approximate surface area is 86.7 Å². The summed E-state index contributed by atoms with van der Waals surface area (Å²) < 4.78 is 0. The topological polar surface area (TPSA) is 37.3 Å². The van der Waals surface area contributed by atoms with Crippen molar-refractivity contribution in [1.29, 1.82) is 0 Å². The fraction of sp³-hybridized carbons (Fsp3) is 0.917. The van der Waals surface area contributed by atoms with Crippen molar-refractivity contribution in [2.24, 2.45) is 23.2 Å². The van der Waals surface area contributed by atoms with Crippen molar-refractivity contribution in [3.63, 3.8) is 0 Å². The second kappa shape index (κ2) is 3.92. The van der Waals surface area contributed by atoms with E-state index >= 15 is 0 Å². The van der Waals surface area contributed by atoms with Crippen LogP contribution in [0.25, 0.3) is 0 Å². The van der Waals surface area contributed by atoms with Crippen LogP contribution in [-0.4, -0.2) is 11.1 Å². The fourth-order valence-electron chi connectivity index (χ4n) is 3.07. The molecule has 2 heteroatoms. The van der Waals surface area contributed by atoms with Crippen LogP contribution in [0.2, 0.25) is 0 Å². The van der Waals surface area contributed by atoms with E-state index < -0.39 is 11.4 Å². The number of carbonyl (C=O) groups is 1. The number of hydrogen-bond donors (Lipinski definition) is 1. The Balaban J connectivity index is 2.88. The van der Waals surface area contributed by atoms with Gasteiger partial charge in [0.15, 0.2) is 0 Å². The van der Waals surface area contributed by atoms with E-state index in [-0.39, 0.29) is 0 Å². The largest absolute Gasteiger partial charge is 0.481 e. The molecule has 0 heterocycles. The van der Waals surface area contributed by atoms with Gasteiger partial charge in [-0.15, -0.1) is 0 Å². The van der Waals surface area contributed by atoms with Gasteiger partial charge in [0.2, 0.25) is 0 Å². The van der Waals surface area contributed by atoms with Gasteiger partial charge in [-0.1, -0.05) is 27.2 Å². The summed E-state index contributed by atoms with van der Waals surface area (Å²) >= 11 is 0. The summed E-state index contributed by atoms with van der Waals surface area (Å²) in [5.41, 5.74) is -0.494. The average molecular weight is 198 g/mol. The summed E-state index contributed by atoms with van der Waals surface area (Å²) in [5, 5.41) is 9.33. The van der Waals surface area contributed by atoms with E-state index in [1.807, 2.05) is 6.92 Å². The van der Waals surface area contributed by atoms with Crippen molar-refractivity contribution in [3.8, 4) is 0 Å². The first-order valence-electron chi connectivity index (χ1n) is 5.61. The maximum Gasteiger partial charge on any atom is 0.309 e. The minimum Gasteiger partial charge on any atom is -0.481 e. The van der Waals surface area contributed by atoms with Crippen LogP contribution in [0.15, 0.2) is 0 Å². The predicted molar refractivity (Wildman–Crippen MR) is 57.1 cm³/mol. The summed E-state index contributed by atoms with van der Waals surface area (Å²) in [6.45, 7) is 8.37. The standard InChI is InChI=1S/C12H22O2/c1-8(2)10-6-5-9(3)7-12(10,4)11(13)14/h8-10H,5-7H2,1-4H3,(H,13,14)/t9-,10+,12-/m1/s1. The molecule has 0 radical (unpaired) electrons. The lowest BCUT2D eigenvalue weighted by atomic mass is 9.61. The summed E-state index contributed by atoms with van der Waals surface area (Å²) in [4.78, 5) is 11.3. The molecule has 82 valence electrons. The van der Waals surface area contributed by atoms with E-state index in [9.17, 15) is 9.90 Å². The normalized spacial score (nSPS) is 38.6. The zero-order chi connectivity index (χ0) is 10.9. The van der Waals surface area contributed by atoms with Crippen molar-refractivity contribution in [2.45, 2.75) is 47.0 Å². The van der Waals surface area contributed by atoms with Crippen molar-refractivity contribution < 1.29 is 9.90 Å². The van der Waals surface area contributed by atoms with Gasteiger partial charge in [0.25, 0.3) is 0 Å². The minimum absolute atomic E-state index is 0.344. The first kappa shape index (κ1) is 11.5. The fourth-order valence-corrected chi connectivity index (χ4v) is 3.07. The number of carboxylic acid groups (broad SMARTS) is 1. The van der Waals surface area contributed by atoms with Gasteiger partial charge in [0.1, 0.15) is 0 Å². The third-order valence-corrected chi connectivity index (χ3v) is 3.85. The second-order valence-corrected chi connectivity index (χ2v) is 5.46. The van der Waals surface area contributed by atoms with Crippen molar-refractivity contribution >= 4 is 5.97 Å². The Hall–Kier alpha value is -0.530.